The average Bonchev–Trinajstić information content (AvgIpc) is 3.23. The fourth-order valence-electron chi connectivity index (χ4n) is 3.09. The monoisotopic (exact) mass is 337 g/mol. The molecule has 2 heterocycles. The molecule has 2 aromatic carbocycles. The molecule has 24 heavy (non-hydrogen) atoms. The number of carbonyl (C=O) groups excluding carboxylic acids is 1. The van der Waals surface area contributed by atoms with Crippen molar-refractivity contribution in [1.29, 1.82) is 0 Å². The molecule has 1 unspecified atom stereocenters. The van der Waals surface area contributed by atoms with Crippen LogP contribution in [0.4, 0.5) is 0 Å². The molecule has 122 valence electrons. The van der Waals surface area contributed by atoms with E-state index in [0.717, 1.165) is 30.4 Å². The predicted octanol–water partition coefficient (Wildman–Crippen LogP) is 3.26. The van der Waals surface area contributed by atoms with E-state index in [4.69, 9.17) is 0 Å². The van der Waals surface area contributed by atoms with E-state index in [0.29, 0.717) is 6.54 Å². The lowest BCUT2D eigenvalue weighted by molar-refractivity contribution is -0.120. The molecule has 0 spiro atoms. The minimum atomic E-state index is 0.0106. The van der Waals surface area contributed by atoms with E-state index in [1.54, 1.807) is 11.8 Å². The third kappa shape index (κ3) is 3.04. The predicted molar refractivity (Wildman–Crippen MR) is 97.2 cm³/mol. The van der Waals surface area contributed by atoms with Gasteiger partial charge in [0.05, 0.1) is 22.6 Å². The van der Waals surface area contributed by atoms with Crippen LogP contribution in [0.15, 0.2) is 59.8 Å². The summed E-state index contributed by atoms with van der Waals surface area (Å²) in [6.45, 7) is 1.55. The molecule has 1 aliphatic rings. The molecule has 0 saturated heterocycles. The summed E-state index contributed by atoms with van der Waals surface area (Å²) in [4.78, 5) is 18.0. The summed E-state index contributed by atoms with van der Waals surface area (Å²) in [5.41, 5.74) is 3.44. The molecule has 1 aliphatic heterocycles. The first-order valence-corrected chi connectivity index (χ1v) is 9.11. The third-order valence-corrected chi connectivity index (χ3v) is 5.66. The summed E-state index contributed by atoms with van der Waals surface area (Å²) in [6.07, 6.45) is 3.60. The zero-order valence-corrected chi connectivity index (χ0v) is 14.1. The number of hydrogen-bond donors (Lipinski definition) is 1. The Bertz CT molecular complexity index is 849. The Hall–Kier alpha value is -2.27. The molecule has 1 N–H and O–H groups in total. The highest BCUT2D eigenvalue weighted by molar-refractivity contribution is 8.01. The van der Waals surface area contributed by atoms with E-state index < -0.39 is 0 Å². The molecule has 4 rings (SSSR count). The number of hydrogen-bond acceptors (Lipinski definition) is 3. The molecular weight excluding hydrogens is 318 g/mol. The topological polar surface area (TPSA) is 46.9 Å². The number of nitrogens with one attached hydrogen (secondary N) is 1. The van der Waals surface area contributed by atoms with Gasteiger partial charge in [-0.15, -0.1) is 11.8 Å². The van der Waals surface area contributed by atoms with Crippen LogP contribution >= 0.6 is 11.8 Å². The minimum Gasteiger partial charge on any atom is -0.355 e. The number of fused-ring (bicyclic) bond motifs is 2. The van der Waals surface area contributed by atoms with Gasteiger partial charge >= 0.3 is 0 Å². The second kappa shape index (κ2) is 6.69. The largest absolute Gasteiger partial charge is 0.355 e. The van der Waals surface area contributed by atoms with Gasteiger partial charge in [0.2, 0.25) is 5.91 Å². The van der Waals surface area contributed by atoms with Gasteiger partial charge in [-0.05, 0) is 36.6 Å². The van der Waals surface area contributed by atoms with Crippen LogP contribution in [0, 0.1) is 0 Å². The van der Waals surface area contributed by atoms with Crippen molar-refractivity contribution >= 4 is 28.7 Å². The van der Waals surface area contributed by atoms with Crippen LogP contribution < -0.4 is 5.32 Å². The Morgan fingerprint density at radius 2 is 2.04 bits per heavy atom. The fraction of sp³-hybridized carbons (Fsp3) is 0.263. The average molecular weight is 337 g/mol. The number of thioether (sulfide) groups is 1. The lowest BCUT2D eigenvalue weighted by Gasteiger charge is -2.10. The summed E-state index contributed by atoms with van der Waals surface area (Å²) in [5.74, 6) is 0.145. The number of nitrogens with zero attached hydrogens (tertiary/aromatic N) is 2. The first kappa shape index (κ1) is 15.3. The standard InChI is InChI=1S/C19H19N3OS/c23-19(18-12-14-6-1-4-9-17(14)24-18)20-10-5-11-22-13-21-15-7-2-3-8-16(15)22/h1-4,6-9,13,18H,5,10-12H2,(H,20,23). The van der Waals surface area contributed by atoms with Crippen LogP contribution in [0.3, 0.4) is 0 Å². The zero-order valence-electron chi connectivity index (χ0n) is 13.3. The number of carbonyl (C=O) groups is 1. The molecule has 4 nitrogen and oxygen atoms in total. The lowest BCUT2D eigenvalue weighted by Crippen LogP contribution is -2.33. The number of amides is 1. The van der Waals surface area contributed by atoms with E-state index in [1.165, 1.54) is 10.5 Å². The van der Waals surface area contributed by atoms with Crippen molar-refractivity contribution in [1.82, 2.24) is 14.9 Å². The van der Waals surface area contributed by atoms with E-state index in [1.807, 2.05) is 36.7 Å². The number of para-hydroxylation sites is 2. The molecule has 0 fully saturated rings. The zero-order chi connectivity index (χ0) is 16.4. The molecule has 1 atom stereocenters. The molecule has 1 amide bonds. The molecule has 0 saturated carbocycles. The van der Waals surface area contributed by atoms with Gasteiger partial charge in [-0.2, -0.15) is 0 Å². The van der Waals surface area contributed by atoms with Crippen molar-refractivity contribution in [2.75, 3.05) is 6.54 Å². The molecule has 5 heteroatoms. The second-order valence-electron chi connectivity index (χ2n) is 5.99. The first-order valence-electron chi connectivity index (χ1n) is 8.23. The van der Waals surface area contributed by atoms with Crippen molar-refractivity contribution in [3.8, 4) is 0 Å². The van der Waals surface area contributed by atoms with Crippen LogP contribution in [0.1, 0.15) is 12.0 Å². The molecule has 0 bridgehead atoms. The molecule has 0 radical (unpaired) electrons. The highest BCUT2D eigenvalue weighted by Gasteiger charge is 2.27. The van der Waals surface area contributed by atoms with Crippen molar-refractivity contribution in [2.45, 2.75) is 29.5 Å². The quantitative estimate of drug-likeness (QED) is 0.727. The summed E-state index contributed by atoms with van der Waals surface area (Å²) in [5, 5.41) is 3.09. The number of benzene rings is 2. The van der Waals surface area contributed by atoms with Gasteiger partial charge in [-0.3, -0.25) is 4.79 Å². The molecule has 1 aromatic heterocycles. The highest BCUT2D eigenvalue weighted by Crippen LogP contribution is 2.36. The third-order valence-electron chi connectivity index (χ3n) is 4.34. The van der Waals surface area contributed by atoms with E-state index in [2.05, 4.69) is 33.1 Å². The summed E-state index contributed by atoms with van der Waals surface area (Å²) < 4.78 is 2.14. The van der Waals surface area contributed by atoms with Crippen LogP contribution in [0.2, 0.25) is 0 Å². The van der Waals surface area contributed by atoms with Crippen molar-refractivity contribution in [2.24, 2.45) is 0 Å². The maximum atomic E-state index is 12.3. The Morgan fingerprint density at radius 1 is 1.21 bits per heavy atom. The highest BCUT2D eigenvalue weighted by atomic mass is 32.2. The normalized spacial score (nSPS) is 16.2. The van der Waals surface area contributed by atoms with Crippen LogP contribution in [-0.2, 0) is 17.8 Å². The lowest BCUT2D eigenvalue weighted by atomic mass is 10.1. The molecule has 0 aliphatic carbocycles. The number of rotatable bonds is 5. The Labute approximate surface area is 145 Å². The Balaban J connectivity index is 1.27. The van der Waals surface area contributed by atoms with Crippen molar-refractivity contribution in [3.05, 3.63) is 60.4 Å². The Morgan fingerprint density at radius 3 is 2.96 bits per heavy atom. The smallest absolute Gasteiger partial charge is 0.233 e. The van der Waals surface area contributed by atoms with Gasteiger partial charge in [-0.25, -0.2) is 4.98 Å². The van der Waals surface area contributed by atoms with Gasteiger partial charge in [0.15, 0.2) is 0 Å². The number of aromatic nitrogens is 2. The number of imidazole rings is 1. The fourth-order valence-corrected chi connectivity index (χ4v) is 4.31. The number of aryl methyl sites for hydroxylation is 1. The van der Waals surface area contributed by atoms with E-state index in [9.17, 15) is 4.79 Å². The van der Waals surface area contributed by atoms with Gasteiger partial charge in [0, 0.05) is 18.0 Å². The van der Waals surface area contributed by atoms with Gasteiger partial charge in [0.25, 0.3) is 0 Å². The maximum Gasteiger partial charge on any atom is 0.233 e. The van der Waals surface area contributed by atoms with Gasteiger partial charge in [0.1, 0.15) is 0 Å². The SMILES string of the molecule is O=C(NCCCn1cnc2ccccc21)C1Cc2ccccc2S1. The van der Waals surface area contributed by atoms with E-state index >= 15 is 0 Å². The second-order valence-corrected chi connectivity index (χ2v) is 7.23. The van der Waals surface area contributed by atoms with Gasteiger partial charge in [-0.1, -0.05) is 30.3 Å². The minimum absolute atomic E-state index is 0.0106. The van der Waals surface area contributed by atoms with Crippen LogP contribution in [-0.4, -0.2) is 27.3 Å². The van der Waals surface area contributed by atoms with Crippen molar-refractivity contribution in [3.63, 3.8) is 0 Å². The van der Waals surface area contributed by atoms with Gasteiger partial charge < -0.3 is 9.88 Å². The molecular formula is C19H19N3OS. The van der Waals surface area contributed by atoms with E-state index in [-0.39, 0.29) is 11.2 Å². The maximum absolute atomic E-state index is 12.3. The summed E-state index contributed by atoms with van der Waals surface area (Å²) in [7, 11) is 0. The summed E-state index contributed by atoms with van der Waals surface area (Å²) >= 11 is 1.67. The van der Waals surface area contributed by atoms with Crippen LogP contribution in [0.5, 0.6) is 0 Å². The van der Waals surface area contributed by atoms with Crippen LogP contribution in [0.25, 0.3) is 11.0 Å². The summed E-state index contributed by atoms with van der Waals surface area (Å²) in [6, 6.07) is 16.4. The first-order chi connectivity index (χ1) is 11.8. The molecule has 3 aromatic rings. The Kier molecular flexibility index (Phi) is 4.26. The van der Waals surface area contributed by atoms with Crippen molar-refractivity contribution < 1.29 is 4.79 Å².